The van der Waals surface area contributed by atoms with Gasteiger partial charge in [0.2, 0.25) is 0 Å². The van der Waals surface area contributed by atoms with E-state index < -0.39 is 0 Å². The monoisotopic (exact) mass is 385 g/mol. The van der Waals surface area contributed by atoms with E-state index >= 15 is 0 Å². The normalized spacial score (nSPS) is 25.3. The Morgan fingerprint density at radius 3 is 2.83 bits per heavy atom. The first kappa shape index (κ1) is 15.9. The molecule has 3 atom stereocenters. The van der Waals surface area contributed by atoms with E-state index in [4.69, 9.17) is 0 Å². The van der Waals surface area contributed by atoms with Gasteiger partial charge in [-0.3, -0.25) is 4.79 Å². The molecule has 0 saturated carbocycles. The van der Waals surface area contributed by atoms with Crippen LogP contribution in [0.4, 0.5) is 5.69 Å². The average molecular weight is 386 g/mol. The van der Waals surface area contributed by atoms with Crippen molar-refractivity contribution in [2.75, 3.05) is 25.0 Å². The number of halogens is 1. The first-order valence-electron chi connectivity index (χ1n) is 8.56. The summed E-state index contributed by atoms with van der Waals surface area (Å²) in [6, 6.07) is 14.5. The lowest BCUT2D eigenvalue weighted by Gasteiger charge is -2.34. The number of aryl methyl sites for hydroxylation is 1. The molecule has 2 aliphatic heterocycles. The minimum absolute atomic E-state index is 0.111. The van der Waals surface area contributed by atoms with Crippen molar-refractivity contribution >= 4 is 27.5 Å². The van der Waals surface area contributed by atoms with E-state index in [0.717, 1.165) is 35.2 Å². The molecule has 2 heterocycles. The van der Waals surface area contributed by atoms with E-state index in [0.29, 0.717) is 5.92 Å². The molecule has 0 aliphatic carbocycles. The molecule has 3 nitrogen and oxygen atoms in total. The number of hydrogen-bond donors (Lipinski definition) is 1. The van der Waals surface area contributed by atoms with Crippen LogP contribution in [0, 0.1) is 6.92 Å². The summed E-state index contributed by atoms with van der Waals surface area (Å²) in [4.78, 5) is 17.0. The summed E-state index contributed by atoms with van der Waals surface area (Å²) < 4.78 is 0.866. The number of piperidine rings is 1. The van der Waals surface area contributed by atoms with Crippen LogP contribution in [-0.4, -0.2) is 32.1 Å². The molecule has 4 rings (SSSR count). The Balaban J connectivity index is 1.81. The Morgan fingerprint density at radius 2 is 2.04 bits per heavy atom. The van der Waals surface area contributed by atoms with Gasteiger partial charge in [-0.15, -0.1) is 0 Å². The van der Waals surface area contributed by atoms with Crippen molar-refractivity contribution in [3.8, 4) is 0 Å². The van der Waals surface area contributed by atoms with E-state index in [1.807, 2.05) is 24.3 Å². The van der Waals surface area contributed by atoms with Crippen molar-refractivity contribution in [2.45, 2.75) is 25.3 Å². The van der Waals surface area contributed by atoms with Gasteiger partial charge in [-0.1, -0.05) is 29.8 Å². The molecule has 2 aromatic rings. The Morgan fingerprint density at radius 1 is 1.25 bits per heavy atom. The molecule has 1 amide bonds. The van der Waals surface area contributed by atoms with Crippen LogP contribution in [-0.2, 0) is 0 Å². The van der Waals surface area contributed by atoms with E-state index in [1.165, 1.54) is 11.1 Å². The highest BCUT2D eigenvalue weighted by Gasteiger charge is 2.45. The lowest BCUT2D eigenvalue weighted by molar-refractivity contribution is -0.886. The van der Waals surface area contributed by atoms with Gasteiger partial charge in [-0.05, 0) is 46.6 Å². The number of nitrogens with zero attached hydrogens (tertiary/aromatic N) is 1. The second kappa shape index (κ2) is 6.01. The minimum Gasteiger partial charge on any atom is -0.337 e. The van der Waals surface area contributed by atoms with Crippen molar-refractivity contribution in [2.24, 2.45) is 0 Å². The van der Waals surface area contributed by atoms with Gasteiger partial charge in [0.05, 0.1) is 37.7 Å². The number of fused-ring (bicyclic) bond motifs is 3. The largest absolute Gasteiger partial charge is 0.337 e. The van der Waals surface area contributed by atoms with Gasteiger partial charge < -0.3 is 9.80 Å². The van der Waals surface area contributed by atoms with Gasteiger partial charge in [0.25, 0.3) is 5.91 Å². The maximum atomic E-state index is 13.3. The van der Waals surface area contributed by atoms with Crippen molar-refractivity contribution < 1.29 is 9.69 Å². The number of benzene rings is 2. The Labute approximate surface area is 151 Å². The molecule has 1 fully saturated rings. The summed E-state index contributed by atoms with van der Waals surface area (Å²) in [5.41, 5.74) is 4.47. The smallest absolute Gasteiger partial charge is 0.259 e. The van der Waals surface area contributed by atoms with E-state index in [2.05, 4.69) is 53.0 Å². The standard InChI is InChI=1S/C20H21BrN2O/c1-13-7-8-18-15(11-13)16-12-22(2)10-9-19(16)23(18)20(24)14-5-3-4-6-17(14)21/h3-8,11,16,19H,9-10,12H2,1-2H3/p+1/t16-,19+/m1/s1. The zero-order valence-corrected chi connectivity index (χ0v) is 15.6. The molecule has 2 aliphatic rings. The van der Waals surface area contributed by atoms with Crippen molar-refractivity contribution in [1.82, 2.24) is 0 Å². The number of likely N-dealkylation sites (N-methyl/N-ethyl adjacent to an activating group) is 1. The predicted molar refractivity (Wildman–Crippen MR) is 99.9 cm³/mol. The maximum Gasteiger partial charge on any atom is 0.259 e. The van der Waals surface area contributed by atoms with Crippen LogP contribution in [0.25, 0.3) is 0 Å². The number of quaternary nitrogens is 1. The molecule has 1 saturated heterocycles. The van der Waals surface area contributed by atoms with Crippen molar-refractivity contribution in [1.29, 1.82) is 0 Å². The fourth-order valence-electron chi connectivity index (χ4n) is 4.23. The summed E-state index contributed by atoms with van der Waals surface area (Å²) in [5.74, 6) is 0.555. The zero-order chi connectivity index (χ0) is 16.8. The minimum atomic E-state index is 0.111. The topological polar surface area (TPSA) is 24.8 Å². The molecule has 0 bridgehead atoms. The fourth-order valence-corrected chi connectivity index (χ4v) is 4.68. The highest BCUT2D eigenvalue weighted by Crippen LogP contribution is 2.44. The number of carbonyl (C=O) groups is 1. The van der Waals surface area contributed by atoms with Gasteiger partial charge in [-0.2, -0.15) is 0 Å². The SMILES string of the molecule is Cc1ccc2c(c1)[C@H]1C[NH+](C)CC[C@@H]1N2C(=O)c1ccccc1Br. The van der Waals surface area contributed by atoms with Crippen molar-refractivity contribution in [3.63, 3.8) is 0 Å². The second-order valence-electron chi connectivity index (χ2n) is 7.09. The van der Waals surface area contributed by atoms with Gasteiger partial charge >= 0.3 is 0 Å². The molecule has 1 N–H and O–H groups in total. The zero-order valence-electron chi connectivity index (χ0n) is 14.1. The molecule has 0 radical (unpaired) electrons. The molecular formula is C20H22BrN2O+. The number of anilines is 1. The van der Waals surface area contributed by atoms with Crippen LogP contribution in [0.2, 0.25) is 0 Å². The van der Waals surface area contributed by atoms with Crippen molar-refractivity contribution in [3.05, 3.63) is 63.6 Å². The summed E-state index contributed by atoms with van der Waals surface area (Å²) in [6.07, 6.45) is 1.06. The summed E-state index contributed by atoms with van der Waals surface area (Å²) in [5, 5.41) is 0. The highest BCUT2D eigenvalue weighted by atomic mass is 79.9. The van der Waals surface area contributed by atoms with Crippen LogP contribution in [0.3, 0.4) is 0 Å². The van der Waals surface area contributed by atoms with Crippen LogP contribution >= 0.6 is 15.9 Å². The molecule has 24 heavy (non-hydrogen) atoms. The van der Waals surface area contributed by atoms with E-state index in [-0.39, 0.29) is 11.9 Å². The number of rotatable bonds is 1. The van der Waals surface area contributed by atoms with Gasteiger partial charge in [0.15, 0.2) is 0 Å². The molecule has 2 aromatic carbocycles. The molecular weight excluding hydrogens is 364 g/mol. The summed E-state index contributed by atoms with van der Waals surface area (Å²) in [7, 11) is 2.25. The molecule has 4 heteroatoms. The van der Waals surface area contributed by atoms with Crippen LogP contribution in [0.15, 0.2) is 46.9 Å². The van der Waals surface area contributed by atoms with Crippen LogP contribution < -0.4 is 9.80 Å². The third kappa shape index (κ3) is 2.49. The van der Waals surface area contributed by atoms with E-state index in [1.54, 1.807) is 4.90 Å². The van der Waals surface area contributed by atoms with E-state index in [9.17, 15) is 4.79 Å². The average Bonchev–Trinajstić information content (AvgIpc) is 2.88. The van der Waals surface area contributed by atoms with Crippen LogP contribution in [0.5, 0.6) is 0 Å². The number of amides is 1. The molecule has 1 unspecified atom stereocenters. The lowest BCUT2D eigenvalue weighted by atomic mass is 9.88. The summed E-state index contributed by atoms with van der Waals surface area (Å²) >= 11 is 3.54. The summed E-state index contributed by atoms with van der Waals surface area (Å²) in [6.45, 7) is 4.35. The third-order valence-corrected chi connectivity index (χ3v) is 6.09. The third-order valence-electron chi connectivity index (χ3n) is 5.40. The first-order valence-corrected chi connectivity index (χ1v) is 9.35. The first-order chi connectivity index (χ1) is 11.6. The number of likely N-dealkylation sites (tertiary alicyclic amines) is 1. The van der Waals surface area contributed by atoms with Crippen LogP contribution in [0.1, 0.15) is 33.8 Å². The Bertz CT molecular complexity index is 804. The van der Waals surface area contributed by atoms with Gasteiger partial charge in [-0.25, -0.2) is 0 Å². The predicted octanol–water partition coefficient (Wildman–Crippen LogP) is 2.79. The Hall–Kier alpha value is -1.65. The number of hydrogen-bond acceptors (Lipinski definition) is 1. The number of carbonyl (C=O) groups excluding carboxylic acids is 1. The van der Waals surface area contributed by atoms with Gasteiger partial charge in [0, 0.05) is 16.6 Å². The second-order valence-corrected chi connectivity index (χ2v) is 7.95. The molecule has 124 valence electrons. The Kier molecular flexibility index (Phi) is 3.97. The quantitative estimate of drug-likeness (QED) is 0.801. The fraction of sp³-hybridized carbons (Fsp3) is 0.350. The maximum absolute atomic E-state index is 13.3. The molecule has 0 spiro atoms. The highest BCUT2D eigenvalue weighted by molar-refractivity contribution is 9.10. The number of nitrogens with one attached hydrogen (secondary N) is 1. The molecule has 0 aromatic heterocycles. The van der Waals surface area contributed by atoms with Gasteiger partial charge in [0.1, 0.15) is 0 Å². The lowest BCUT2D eigenvalue weighted by Crippen LogP contribution is -3.11.